The van der Waals surface area contributed by atoms with Gasteiger partial charge >= 0.3 is 35.3 Å². The number of esters is 2. The first-order valence-electron chi connectivity index (χ1n) is 23.7. The molecule has 18 nitrogen and oxygen atoms in total. The minimum absolute atomic E-state index is 0.0158. The Hall–Kier alpha value is -6.48. The summed E-state index contributed by atoms with van der Waals surface area (Å²) < 4.78 is 27.0. The molecule has 0 aliphatic heterocycles. The summed E-state index contributed by atoms with van der Waals surface area (Å²) in [4.78, 5) is 105. The van der Waals surface area contributed by atoms with Crippen LogP contribution in [0.15, 0.2) is 79.8 Å². The van der Waals surface area contributed by atoms with Crippen molar-refractivity contribution in [3.63, 3.8) is 0 Å². The number of ether oxygens (including phenoxy) is 4. The highest BCUT2D eigenvalue weighted by molar-refractivity contribution is 7.21. The van der Waals surface area contributed by atoms with Gasteiger partial charge in [0.2, 0.25) is 0 Å². The zero-order valence-electron chi connectivity index (χ0n) is 42.7. The lowest BCUT2D eigenvalue weighted by atomic mass is 10.1. The van der Waals surface area contributed by atoms with E-state index in [1.54, 1.807) is 27.7 Å². The highest BCUT2D eigenvalue weighted by Gasteiger charge is 2.38. The molecule has 6 aromatic rings. The first kappa shape index (κ1) is 56.4. The molecule has 0 radical (unpaired) electrons. The third-order valence-electron chi connectivity index (χ3n) is 12.5. The largest absolute Gasteiger partial charge is 0.480 e. The minimum Gasteiger partial charge on any atom is -0.480 e. The van der Waals surface area contributed by atoms with E-state index >= 15 is 0 Å². The number of aromatic nitrogens is 4. The standard InChI is InChI=1S/2C26H32N2O7S/c2*1-7-15(3)35-18(17-12-10-9-11-13-17)14-27-22-19(16(4)20(36-22)23(30)34-8-2)21(29)28(25(27)33)26(5,6)24(31)32/h2*9-13,15,18H,7-8,14H2,1-6H3,(H,31,32)/t15-,18+;15-,18-/m10/s1. The number of rotatable bonds is 20. The van der Waals surface area contributed by atoms with Gasteiger partial charge in [-0.25, -0.2) is 37.9 Å². The average molecular weight is 1030 g/mol. The summed E-state index contributed by atoms with van der Waals surface area (Å²) in [6.07, 6.45) is 0.115. The van der Waals surface area contributed by atoms with Gasteiger partial charge in [-0.2, -0.15) is 0 Å². The van der Waals surface area contributed by atoms with E-state index in [2.05, 4.69) is 0 Å². The number of hydrogen-bond donors (Lipinski definition) is 2. The van der Waals surface area contributed by atoms with Gasteiger partial charge in [0.25, 0.3) is 11.1 Å². The summed E-state index contributed by atoms with van der Waals surface area (Å²) >= 11 is 1.98. The predicted molar refractivity (Wildman–Crippen MR) is 276 cm³/mol. The number of thiophene rings is 2. The van der Waals surface area contributed by atoms with Crippen LogP contribution in [0.1, 0.15) is 136 Å². The van der Waals surface area contributed by atoms with Crippen LogP contribution in [0.4, 0.5) is 0 Å². The van der Waals surface area contributed by atoms with Gasteiger partial charge in [0, 0.05) is 0 Å². The Bertz CT molecular complexity index is 2980. The summed E-state index contributed by atoms with van der Waals surface area (Å²) in [5, 5.41) is 19.9. The van der Waals surface area contributed by atoms with E-state index in [0.717, 1.165) is 55.8 Å². The second-order valence-electron chi connectivity index (χ2n) is 18.2. The Morgan fingerprint density at radius 3 is 1.17 bits per heavy atom. The molecule has 0 aliphatic carbocycles. The number of aliphatic carboxylic acids is 2. The molecular weight excluding hydrogens is 969 g/mol. The fourth-order valence-electron chi connectivity index (χ4n) is 7.85. The summed E-state index contributed by atoms with van der Waals surface area (Å²) in [6, 6.07) is 18.7. The maximum atomic E-state index is 13.8. The number of carboxylic acids is 2. The highest BCUT2D eigenvalue weighted by Crippen LogP contribution is 2.33. The zero-order valence-corrected chi connectivity index (χ0v) is 44.4. The van der Waals surface area contributed by atoms with Crippen molar-refractivity contribution in [2.24, 2.45) is 0 Å². The summed E-state index contributed by atoms with van der Waals surface area (Å²) in [6.45, 7) is 19.9. The van der Waals surface area contributed by atoms with Gasteiger partial charge in [0.1, 0.15) is 42.7 Å². The van der Waals surface area contributed by atoms with Crippen molar-refractivity contribution < 1.29 is 48.3 Å². The van der Waals surface area contributed by atoms with Gasteiger partial charge < -0.3 is 29.2 Å². The molecule has 0 spiro atoms. The van der Waals surface area contributed by atoms with Crippen molar-refractivity contribution in [1.82, 2.24) is 18.3 Å². The van der Waals surface area contributed by atoms with E-state index in [4.69, 9.17) is 18.9 Å². The van der Waals surface area contributed by atoms with Crippen LogP contribution < -0.4 is 22.5 Å². The van der Waals surface area contributed by atoms with Gasteiger partial charge in [0.15, 0.2) is 0 Å². The smallest absolute Gasteiger partial charge is 0.348 e. The van der Waals surface area contributed by atoms with Crippen LogP contribution in [0.2, 0.25) is 0 Å². The Balaban J connectivity index is 0.000000267. The summed E-state index contributed by atoms with van der Waals surface area (Å²) in [7, 11) is 0. The van der Waals surface area contributed by atoms with E-state index < -0.39 is 69.7 Å². The second-order valence-corrected chi connectivity index (χ2v) is 20.2. The van der Waals surface area contributed by atoms with E-state index in [9.17, 15) is 48.6 Å². The highest BCUT2D eigenvalue weighted by atomic mass is 32.1. The van der Waals surface area contributed by atoms with Gasteiger partial charge in [-0.3, -0.25) is 18.7 Å². The lowest BCUT2D eigenvalue weighted by Gasteiger charge is -2.26. The van der Waals surface area contributed by atoms with Crippen molar-refractivity contribution in [3.8, 4) is 0 Å². The number of fused-ring (bicyclic) bond motifs is 2. The quantitative estimate of drug-likeness (QED) is 0.0687. The zero-order chi connectivity index (χ0) is 53.6. The third kappa shape index (κ3) is 11.4. The van der Waals surface area contributed by atoms with Crippen molar-refractivity contribution in [1.29, 1.82) is 0 Å². The normalized spacial score (nSPS) is 13.5. The van der Waals surface area contributed by atoms with Gasteiger partial charge in [-0.15, -0.1) is 22.7 Å². The van der Waals surface area contributed by atoms with Crippen LogP contribution in [0, 0.1) is 13.8 Å². The summed E-state index contributed by atoms with van der Waals surface area (Å²) in [5.74, 6) is -3.87. The molecule has 4 heterocycles. The molecule has 0 unspecified atom stereocenters. The van der Waals surface area contributed by atoms with Crippen LogP contribution >= 0.6 is 22.7 Å². The molecule has 72 heavy (non-hydrogen) atoms. The predicted octanol–water partition coefficient (Wildman–Crippen LogP) is 8.17. The topological polar surface area (TPSA) is 234 Å². The van der Waals surface area contributed by atoms with Crippen LogP contribution in [-0.4, -0.2) is 77.8 Å². The summed E-state index contributed by atoms with van der Waals surface area (Å²) in [5.41, 5.74) is -4.41. The maximum absolute atomic E-state index is 13.8. The third-order valence-corrected chi connectivity index (χ3v) is 15.1. The molecule has 20 heteroatoms. The van der Waals surface area contributed by atoms with Crippen LogP contribution in [-0.2, 0) is 52.7 Å². The van der Waals surface area contributed by atoms with Gasteiger partial charge in [0.05, 0.1) is 49.3 Å². The molecule has 6 rings (SSSR count). The fraction of sp³-hybridized carbons (Fsp3) is 0.462. The first-order chi connectivity index (χ1) is 33.9. The van der Waals surface area contributed by atoms with Crippen molar-refractivity contribution in [2.75, 3.05) is 13.2 Å². The van der Waals surface area contributed by atoms with Gasteiger partial charge in [-0.1, -0.05) is 74.5 Å². The molecule has 0 fully saturated rings. The molecule has 0 saturated carbocycles. The second kappa shape index (κ2) is 23.4. The molecule has 4 atom stereocenters. The molecule has 2 aromatic carbocycles. The fourth-order valence-corrected chi connectivity index (χ4v) is 10.2. The molecule has 0 bridgehead atoms. The number of carbonyl (C=O) groups is 4. The van der Waals surface area contributed by atoms with E-state index in [-0.39, 0.29) is 68.7 Å². The van der Waals surface area contributed by atoms with Crippen molar-refractivity contribution in [2.45, 2.75) is 145 Å². The Morgan fingerprint density at radius 1 is 0.569 bits per heavy atom. The Morgan fingerprint density at radius 2 is 0.889 bits per heavy atom. The van der Waals surface area contributed by atoms with Crippen molar-refractivity contribution in [3.05, 3.63) is 134 Å². The Kier molecular flexibility index (Phi) is 18.3. The lowest BCUT2D eigenvalue weighted by molar-refractivity contribution is -0.146. The average Bonchev–Trinajstić information content (AvgIpc) is 3.88. The van der Waals surface area contributed by atoms with Crippen LogP contribution in [0.5, 0.6) is 0 Å². The number of carboxylic acid groups (broad SMARTS) is 2. The lowest BCUT2D eigenvalue weighted by Crippen LogP contribution is -2.52. The molecule has 4 aromatic heterocycles. The monoisotopic (exact) mass is 1030 g/mol. The molecule has 0 aliphatic rings. The Labute approximate surface area is 424 Å². The van der Waals surface area contributed by atoms with Crippen LogP contribution in [0.3, 0.4) is 0 Å². The molecule has 2 N–H and O–H groups in total. The molecule has 388 valence electrons. The number of benzene rings is 2. The molecule has 0 amide bonds. The molecular formula is C52H64N4O14S2. The minimum atomic E-state index is -1.83. The van der Waals surface area contributed by atoms with E-state index in [1.165, 1.54) is 36.8 Å². The number of aryl methyl sites for hydroxylation is 2. The maximum Gasteiger partial charge on any atom is 0.348 e. The number of nitrogens with zero attached hydrogens (tertiary/aromatic N) is 4. The molecule has 0 saturated heterocycles. The SMILES string of the molecule is CCOC(=O)c1sc2c(c1C)c(=O)n(C(C)(C)C(=O)O)c(=O)n2C[C@H](O[C@@H](C)CC)c1ccccc1.CCOC(=O)c1sc2c(c1C)c(=O)n(C(C)(C)C(=O)O)c(=O)n2C[C@H](O[C@H](C)CC)c1ccccc1. The first-order valence-corrected chi connectivity index (χ1v) is 25.3. The number of carbonyl (C=O) groups excluding carboxylic acids is 2. The van der Waals surface area contributed by atoms with Crippen molar-refractivity contribution >= 4 is 67.0 Å². The van der Waals surface area contributed by atoms with E-state index in [1.807, 2.05) is 88.4 Å². The van der Waals surface area contributed by atoms with Crippen LogP contribution in [0.25, 0.3) is 20.4 Å². The number of hydrogen-bond acceptors (Lipinski definition) is 14. The van der Waals surface area contributed by atoms with Gasteiger partial charge in [-0.05, 0) is 104 Å². The van der Waals surface area contributed by atoms with E-state index in [0.29, 0.717) is 11.1 Å².